The van der Waals surface area contributed by atoms with Crippen molar-refractivity contribution in [3.63, 3.8) is 0 Å². The Balaban J connectivity index is 2.13. The quantitative estimate of drug-likeness (QED) is 0.336. The van der Waals surface area contributed by atoms with Crippen LogP contribution in [0.25, 0.3) is 5.70 Å². The standard InChI is InChI=1S/C27H28N2/c1-5-12-26(25-18-20(2)17-21(3)19-25)29-27(24-15-10-7-11-16-24)28-22(4)23-13-8-6-9-14-23/h6-19H,5H2,1-4H3/b26-12+,28-22?,29-27?. The van der Waals surface area contributed by atoms with Gasteiger partial charge in [0.2, 0.25) is 0 Å². The van der Waals surface area contributed by atoms with Gasteiger partial charge in [0.15, 0.2) is 5.84 Å². The zero-order valence-corrected chi connectivity index (χ0v) is 17.7. The van der Waals surface area contributed by atoms with Gasteiger partial charge in [-0.25, -0.2) is 9.98 Å². The van der Waals surface area contributed by atoms with Crippen molar-refractivity contribution < 1.29 is 0 Å². The number of aryl methyl sites for hydroxylation is 2. The van der Waals surface area contributed by atoms with Gasteiger partial charge in [0.05, 0.1) is 5.70 Å². The molecule has 0 aromatic heterocycles. The van der Waals surface area contributed by atoms with E-state index in [9.17, 15) is 0 Å². The van der Waals surface area contributed by atoms with Crippen molar-refractivity contribution in [3.8, 4) is 0 Å². The van der Waals surface area contributed by atoms with Crippen LogP contribution >= 0.6 is 0 Å². The maximum atomic E-state index is 5.04. The first-order valence-electron chi connectivity index (χ1n) is 10.1. The first kappa shape index (κ1) is 20.5. The largest absolute Gasteiger partial charge is 0.233 e. The molecule has 0 fully saturated rings. The maximum Gasteiger partial charge on any atom is 0.160 e. The SMILES string of the molecule is CC/C=C(/N=C(N=C(C)c1ccccc1)c1ccccc1)c1cc(C)cc(C)c1. The predicted molar refractivity (Wildman–Crippen MR) is 126 cm³/mol. The monoisotopic (exact) mass is 380 g/mol. The molecule has 0 spiro atoms. The molecule has 0 radical (unpaired) electrons. The second kappa shape index (κ2) is 9.79. The summed E-state index contributed by atoms with van der Waals surface area (Å²) in [7, 11) is 0. The summed E-state index contributed by atoms with van der Waals surface area (Å²) < 4.78 is 0. The van der Waals surface area contributed by atoms with Crippen molar-refractivity contribution in [3.05, 3.63) is 113 Å². The van der Waals surface area contributed by atoms with Crippen LogP contribution in [0.2, 0.25) is 0 Å². The van der Waals surface area contributed by atoms with Crippen LogP contribution in [0.4, 0.5) is 0 Å². The van der Waals surface area contributed by atoms with Gasteiger partial charge in [-0.2, -0.15) is 0 Å². The summed E-state index contributed by atoms with van der Waals surface area (Å²) in [4.78, 5) is 9.98. The molecule has 0 unspecified atom stereocenters. The lowest BCUT2D eigenvalue weighted by Gasteiger charge is -2.10. The average Bonchev–Trinajstić information content (AvgIpc) is 2.73. The molecule has 0 N–H and O–H groups in total. The molecule has 3 rings (SSSR count). The van der Waals surface area contributed by atoms with Gasteiger partial charge in [0, 0.05) is 16.8 Å². The Morgan fingerprint density at radius 3 is 1.83 bits per heavy atom. The van der Waals surface area contributed by atoms with Gasteiger partial charge in [0.1, 0.15) is 0 Å². The van der Waals surface area contributed by atoms with Gasteiger partial charge in [-0.3, -0.25) is 0 Å². The number of benzene rings is 3. The van der Waals surface area contributed by atoms with E-state index in [2.05, 4.69) is 69.3 Å². The molecule has 3 aromatic carbocycles. The van der Waals surface area contributed by atoms with Gasteiger partial charge in [-0.05, 0) is 44.9 Å². The molecule has 3 aromatic rings. The Bertz CT molecular complexity index is 1020. The second-order valence-electron chi connectivity index (χ2n) is 7.24. The number of aliphatic imine (C=N–C) groups is 2. The van der Waals surface area contributed by atoms with Crippen molar-refractivity contribution in [2.45, 2.75) is 34.1 Å². The van der Waals surface area contributed by atoms with Gasteiger partial charge >= 0.3 is 0 Å². The third kappa shape index (κ3) is 5.61. The molecule has 0 aliphatic rings. The maximum absolute atomic E-state index is 5.04. The fourth-order valence-corrected chi connectivity index (χ4v) is 3.30. The van der Waals surface area contributed by atoms with Crippen LogP contribution in [0.3, 0.4) is 0 Å². The fraction of sp³-hybridized carbons (Fsp3) is 0.185. The zero-order valence-electron chi connectivity index (χ0n) is 17.7. The van der Waals surface area contributed by atoms with Crippen molar-refractivity contribution in [1.82, 2.24) is 0 Å². The molecular formula is C27H28N2. The molecule has 0 heterocycles. The normalized spacial score (nSPS) is 12.9. The summed E-state index contributed by atoms with van der Waals surface area (Å²) in [6.45, 7) is 8.42. The van der Waals surface area contributed by atoms with Crippen LogP contribution in [0.5, 0.6) is 0 Å². The zero-order chi connectivity index (χ0) is 20.6. The molecule has 29 heavy (non-hydrogen) atoms. The lowest BCUT2D eigenvalue weighted by molar-refractivity contribution is 1.21. The molecule has 0 atom stereocenters. The van der Waals surface area contributed by atoms with Gasteiger partial charge in [-0.1, -0.05) is 90.9 Å². The van der Waals surface area contributed by atoms with E-state index in [0.717, 1.165) is 40.4 Å². The fourth-order valence-electron chi connectivity index (χ4n) is 3.30. The lowest BCUT2D eigenvalue weighted by Crippen LogP contribution is -2.04. The number of amidine groups is 1. The summed E-state index contributed by atoms with van der Waals surface area (Å²) in [5, 5.41) is 0. The van der Waals surface area contributed by atoms with Crippen LogP contribution in [0, 0.1) is 13.8 Å². The van der Waals surface area contributed by atoms with Crippen molar-refractivity contribution in [2.24, 2.45) is 9.98 Å². The number of hydrogen-bond acceptors (Lipinski definition) is 1. The highest BCUT2D eigenvalue weighted by atomic mass is 14.9. The minimum atomic E-state index is 0.728. The summed E-state index contributed by atoms with van der Waals surface area (Å²) in [5.41, 5.74) is 7.63. The lowest BCUT2D eigenvalue weighted by atomic mass is 10.0. The predicted octanol–water partition coefficient (Wildman–Crippen LogP) is 7.01. The average molecular weight is 381 g/mol. The highest BCUT2D eigenvalue weighted by Crippen LogP contribution is 2.22. The first-order chi connectivity index (χ1) is 14.1. The first-order valence-corrected chi connectivity index (χ1v) is 10.1. The van der Waals surface area contributed by atoms with Crippen molar-refractivity contribution in [1.29, 1.82) is 0 Å². The molecule has 2 heteroatoms. The molecule has 2 nitrogen and oxygen atoms in total. The van der Waals surface area contributed by atoms with Gasteiger partial charge in [0.25, 0.3) is 0 Å². The molecule has 0 saturated carbocycles. The van der Waals surface area contributed by atoms with E-state index < -0.39 is 0 Å². The molecule has 0 saturated heterocycles. The van der Waals surface area contributed by atoms with E-state index in [1.807, 2.05) is 43.3 Å². The highest BCUT2D eigenvalue weighted by Gasteiger charge is 2.08. The topological polar surface area (TPSA) is 24.7 Å². The molecule has 0 bridgehead atoms. The summed E-state index contributed by atoms with van der Waals surface area (Å²) >= 11 is 0. The highest BCUT2D eigenvalue weighted by molar-refractivity contribution is 6.12. The van der Waals surface area contributed by atoms with Crippen LogP contribution < -0.4 is 0 Å². The van der Waals surface area contributed by atoms with Crippen LogP contribution in [0.15, 0.2) is 94.9 Å². The number of nitrogens with zero attached hydrogens (tertiary/aromatic N) is 2. The van der Waals surface area contributed by atoms with Gasteiger partial charge < -0.3 is 0 Å². The van der Waals surface area contributed by atoms with E-state index in [-0.39, 0.29) is 0 Å². The molecular weight excluding hydrogens is 352 g/mol. The Hall–Kier alpha value is -3.26. The van der Waals surface area contributed by atoms with Crippen LogP contribution in [-0.2, 0) is 0 Å². The Kier molecular flexibility index (Phi) is 6.91. The molecule has 0 amide bonds. The van der Waals surface area contributed by atoms with E-state index >= 15 is 0 Å². The van der Waals surface area contributed by atoms with Crippen LogP contribution in [-0.4, -0.2) is 11.5 Å². The van der Waals surface area contributed by atoms with Gasteiger partial charge in [-0.15, -0.1) is 0 Å². The van der Waals surface area contributed by atoms with E-state index in [1.165, 1.54) is 11.1 Å². The van der Waals surface area contributed by atoms with Crippen molar-refractivity contribution >= 4 is 17.2 Å². The summed E-state index contributed by atoms with van der Waals surface area (Å²) in [6.07, 6.45) is 3.08. The minimum Gasteiger partial charge on any atom is -0.233 e. The van der Waals surface area contributed by atoms with Crippen LogP contribution in [0.1, 0.15) is 48.1 Å². The van der Waals surface area contributed by atoms with E-state index in [0.29, 0.717) is 0 Å². The molecule has 0 aliphatic heterocycles. The van der Waals surface area contributed by atoms with Crippen molar-refractivity contribution in [2.75, 3.05) is 0 Å². The molecule has 0 aliphatic carbocycles. The molecule has 146 valence electrons. The summed E-state index contributed by atoms with van der Waals surface area (Å²) in [5.74, 6) is 0.728. The number of rotatable bonds is 5. The Morgan fingerprint density at radius 1 is 0.724 bits per heavy atom. The smallest absolute Gasteiger partial charge is 0.160 e. The second-order valence-corrected chi connectivity index (χ2v) is 7.24. The third-order valence-electron chi connectivity index (χ3n) is 4.64. The van der Waals surface area contributed by atoms with E-state index in [4.69, 9.17) is 9.98 Å². The third-order valence-corrected chi connectivity index (χ3v) is 4.64. The minimum absolute atomic E-state index is 0.728. The van der Waals surface area contributed by atoms with E-state index in [1.54, 1.807) is 0 Å². The Labute approximate surface area is 174 Å². The Morgan fingerprint density at radius 2 is 1.28 bits per heavy atom. The number of hydrogen-bond donors (Lipinski definition) is 0. The number of allylic oxidation sites excluding steroid dienone is 1. The summed E-state index contributed by atoms with van der Waals surface area (Å²) in [6, 6.07) is 27.0.